The van der Waals surface area contributed by atoms with E-state index in [0.717, 1.165) is 37.2 Å². The number of rotatable bonds is 7. The van der Waals surface area contributed by atoms with Crippen LogP contribution < -0.4 is 9.62 Å². The van der Waals surface area contributed by atoms with Crippen LogP contribution in [-0.2, 0) is 10.0 Å². The minimum absolute atomic E-state index is 0.0192. The number of nitrogens with one attached hydrogen (secondary N) is 1. The number of halogens is 1. The summed E-state index contributed by atoms with van der Waals surface area (Å²) in [6.07, 6.45) is 2.30. The molecule has 0 radical (unpaired) electrons. The van der Waals surface area contributed by atoms with Crippen molar-refractivity contribution in [1.29, 1.82) is 0 Å². The second-order valence-electron chi connectivity index (χ2n) is 7.05. The Hall–Kier alpha value is -1.60. The summed E-state index contributed by atoms with van der Waals surface area (Å²) in [5.74, 6) is 0. The minimum atomic E-state index is -3.57. The average molecular weight is 408 g/mol. The molecule has 7 heteroatoms. The molecule has 1 N–H and O–H groups in total. The molecule has 0 aromatic heterocycles. The van der Waals surface area contributed by atoms with E-state index in [0.29, 0.717) is 11.6 Å². The second kappa shape index (κ2) is 8.61. The van der Waals surface area contributed by atoms with Gasteiger partial charge in [0.05, 0.1) is 4.90 Å². The lowest BCUT2D eigenvalue weighted by molar-refractivity contribution is 0.246. The number of hydrogen-bond donors (Lipinski definition) is 1. The summed E-state index contributed by atoms with van der Waals surface area (Å²) >= 11 is 5.87. The van der Waals surface area contributed by atoms with Crippen LogP contribution in [0.25, 0.3) is 0 Å². The largest absolute Gasteiger partial charge is 0.378 e. The maximum absolute atomic E-state index is 12.7. The highest BCUT2D eigenvalue weighted by molar-refractivity contribution is 7.89. The van der Waals surface area contributed by atoms with E-state index in [1.165, 1.54) is 12.1 Å². The van der Waals surface area contributed by atoms with Crippen LogP contribution >= 0.6 is 11.6 Å². The standard InChI is InChI=1S/C20H26ClN3O2S/c1-23(2)18-9-5-16(6-10-18)20(24-13-3-4-14-24)15-22-27(25,26)19-11-7-17(21)8-12-19/h5-12,20,22H,3-4,13-15H2,1-2H3. The van der Waals surface area contributed by atoms with Crippen molar-refractivity contribution < 1.29 is 8.42 Å². The number of nitrogens with zero attached hydrogens (tertiary/aromatic N) is 2. The van der Waals surface area contributed by atoms with Gasteiger partial charge in [-0.15, -0.1) is 0 Å². The molecule has 2 aromatic carbocycles. The van der Waals surface area contributed by atoms with Gasteiger partial charge in [0.15, 0.2) is 0 Å². The van der Waals surface area contributed by atoms with E-state index in [2.05, 4.69) is 38.8 Å². The van der Waals surface area contributed by atoms with Crippen LogP contribution in [0.15, 0.2) is 53.4 Å². The van der Waals surface area contributed by atoms with Crippen LogP contribution in [0.5, 0.6) is 0 Å². The average Bonchev–Trinajstić information content (AvgIpc) is 3.17. The van der Waals surface area contributed by atoms with E-state index < -0.39 is 10.0 Å². The quantitative estimate of drug-likeness (QED) is 0.762. The molecule has 1 unspecified atom stereocenters. The first-order valence-electron chi connectivity index (χ1n) is 9.13. The molecule has 1 atom stereocenters. The lowest BCUT2D eigenvalue weighted by Gasteiger charge is -2.28. The van der Waals surface area contributed by atoms with Gasteiger partial charge in [-0.2, -0.15) is 0 Å². The third-order valence-electron chi connectivity index (χ3n) is 4.97. The van der Waals surface area contributed by atoms with Gasteiger partial charge in [-0.05, 0) is 67.9 Å². The topological polar surface area (TPSA) is 52.7 Å². The van der Waals surface area contributed by atoms with Crippen LogP contribution in [0, 0.1) is 0 Å². The number of anilines is 1. The van der Waals surface area contributed by atoms with Crippen molar-refractivity contribution >= 4 is 27.3 Å². The molecule has 1 saturated heterocycles. The van der Waals surface area contributed by atoms with Gasteiger partial charge in [-0.25, -0.2) is 13.1 Å². The molecule has 1 fully saturated rings. The predicted octanol–water partition coefficient (Wildman–Crippen LogP) is 3.52. The summed E-state index contributed by atoms with van der Waals surface area (Å²) in [5, 5.41) is 0.518. The fourth-order valence-corrected chi connectivity index (χ4v) is 4.56. The Balaban J connectivity index is 1.78. The summed E-state index contributed by atoms with van der Waals surface area (Å²) < 4.78 is 28.1. The highest BCUT2D eigenvalue weighted by Crippen LogP contribution is 2.27. The Kier molecular flexibility index (Phi) is 6.42. The Morgan fingerprint density at radius 2 is 1.63 bits per heavy atom. The fraction of sp³-hybridized carbons (Fsp3) is 0.400. The van der Waals surface area contributed by atoms with Gasteiger partial charge in [-0.3, -0.25) is 4.90 Å². The zero-order chi connectivity index (χ0) is 19.4. The van der Waals surface area contributed by atoms with E-state index in [1.54, 1.807) is 12.1 Å². The summed E-state index contributed by atoms with van der Waals surface area (Å²) in [7, 11) is 0.440. The number of benzene rings is 2. The number of likely N-dealkylation sites (tertiary alicyclic amines) is 1. The number of sulfonamides is 1. The first-order valence-corrected chi connectivity index (χ1v) is 11.0. The highest BCUT2D eigenvalue weighted by Gasteiger charge is 2.25. The van der Waals surface area contributed by atoms with E-state index in [4.69, 9.17) is 11.6 Å². The Morgan fingerprint density at radius 1 is 1.04 bits per heavy atom. The van der Waals surface area contributed by atoms with Gasteiger partial charge in [0, 0.05) is 37.4 Å². The van der Waals surface area contributed by atoms with Crippen LogP contribution in [0.4, 0.5) is 5.69 Å². The lowest BCUT2D eigenvalue weighted by atomic mass is 10.1. The molecule has 0 aliphatic carbocycles. The van der Waals surface area contributed by atoms with Crippen LogP contribution in [0.1, 0.15) is 24.4 Å². The first kappa shape index (κ1) is 20.1. The van der Waals surface area contributed by atoms with Crippen molar-refractivity contribution in [2.45, 2.75) is 23.8 Å². The van der Waals surface area contributed by atoms with Crippen LogP contribution in [0.3, 0.4) is 0 Å². The van der Waals surface area contributed by atoms with Crippen molar-refractivity contribution in [3.05, 3.63) is 59.1 Å². The van der Waals surface area contributed by atoms with Crippen LogP contribution in [-0.4, -0.2) is 47.0 Å². The summed E-state index contributed by atoms with van der Waals surface area (Å²) in [5.41, 5.74) is 2.25. The molecule has 3 rings (SSSR count). The second-order valence-corrected chi connectivity index (χ2v) is 9.25. The van der Waals surface area contributed by atoms with E-state index in [-0.39, 0.29) is 10.9 Å². The molecule has 27 heavy (non-hydrogen) atoms. The molecule has 2 aromatic rings. The molecule has 0 saturated carbocycles. The first-order chi connectivity index (χ1) is 12.9. The summed E-state index contributed by atoms with van der Waals surface area (Å²) in [6, 6.07) is 14.6. The van der Waals surface area contributed by atoms with E-state index in [9.17, 15) is 8.42 Å². The Labute approximate surface area is 167 Å². The summed E-state index contributed by atoms with van der Waals surface area (Å²) in [4.78, 5) is 4.64. The molecule has 0 spiro atoms. The normalized spacial score (nSPS) is 16.4. The van der Waals surface area contributed by atoms with Gasteiger partial charge in [-0.1, -0.05) is 23.7 Å². The zero-order valence-electron chi connectivity index (χ0n) is 15.7. The molecule has 5 nitrogen and oxygen atoms in total. The third kappa shape index (κ3) is 5.02. The smallest absolute Gasteiger partial charge is 0.240 e. The molecule has 1 heterocycles. The molecule has 146 valence electrons. The van der Waals surface area contributed by atoms with E-state index in [1.807, 2.05) is 14.1 Å². The monoisotopic (exact) mass is 407 g/mol. The lowest BCUT2D eigenvalue weighted by Crippen LogP contribution is -2.36. The van der Waals surface area contributed by atoms with Gasteiger partial charge in [0.2, 0.25) is 10.0 Å². The maximum atomic E-state index is 12.7. The van der Waals surface area contributed by atoms with Crippen molar-refractivity contribution in [3.63, 3.8) is 0 Å². The van der Waals surface area contributed by atoms with Crippen molar-refractivity contribution in [3.8, 4) is 0 Å². The SMILES string of the molecule is CN(C)c1ccc(C(CNS(=O)(=O)c2ccc(Cl)cc2)N2CCCC2)cc1. The maximum Gasteiger partial charge on any atom is 0.240 e. The van der Waals surface area contributed by atoms with Gasteiger partial charge >= 0.3 is 0 Å². The summed E-state index contributed by atoms with van der Waals surface area (Å²) in [6.45, 7) is 2.32. The fourth-order valence-electron chi connectivity index (χ4n) is 3.39. The molecular weight excluding hydrogens is 382 g/mol. The van der Waals surface area contributed by atoms with Crippen LogP contribution in [0.2, 0.25) is 5.02 Å². The Morgan fingerprint density at radius 3 is 2.19 bits per heavy atom. The predicted molar refractivity (Wildman–Crippen MR) is 111 cm³/mol. The van der Waals surface area contributed by atoms with Gasteiger partial charge in [0.25, 0.3) is 0 Å². The molecule has 1 aliphatic rings. The van der Waals surface area contributed by atoms with E-state index >= 15 is 0 Å². The molecule has 0 amide bonds. The molecule has 0 bridgehead atoms. The highest BCUT2D eigenvalue weighted by atomic mass is 35.5. The molecule has 1 aliphatic heterocycles. The minimum Gasteiger partial charge on any atom is -0.378 e. The number of hydrogen-bond acceptors (Lipinski definition) is 4. The van der Waals surface area contributed by atoms with Crippen molar-refractivity contribution in [1.82, 2.24) is 9.62 Å². The Bertz CT molecular complexity index is 846. The van der Waals surface area contributed by atoms with Gasteiger partial charge < -0.3 is 4.90 Å². The van der Waals surface area contributed by atoms with Gasteiger partial charge in [0.1, 0.15) is 0 Å². The molecular formula is C20H26ClN3O2S. The van der Waals surface area contributed by atoms with Crippen molar-refractivity contribution in [2.75, 3.05) is 38.6 Å². The van der Waals surface area contributed by atoms with Crippen molar-refractivity contribution in [2.24, 2.45) is 0 Å². The third-order valence-corrected chi connectivity index (χ3v) is 6.66. The zero-order valence-corrected chi connectivity index (χ0v) is 17.3.